The third-order valence-corrected chi connectivity index (χ3v) is 3.51. The van der Waals surface area contributed by atoms with E-state index in [4.69, 9.17) is 16.1 Å². The molecule has 23 heavy (non-hydrogen) atoms. The molecule has 0 fully saturated rings. The summed E-state index contributed by atoms with van der Waals surface area (Å²) in [7, 11) is 1.82. The maximum Gasteiger partial charge on any atom is 0.417 e. The Morgan fingerprint density at radius 3 is 2.74 bits per heavy atom. The van der Waals surface area contributed by atoms with Crippen molar-refractivity contribution in [3.8, 4) is 0 Å². The van der Waals surface area contributed by atoms with Gasteiger partial charge in [0.05, 0.1) is 10.6 Å². The number of halogens is 4. The lowest BCUT2D eigenvalue weighted by atomic mass is 10.1. The van der Waals surface area contributed by atoms with E-state index in [1.165, 1.54) is 24.3 Å². The van der Waals surface area contributed by atoms with Crippen LogP contribution in [0.5, 0.6) is 0 Å². The predicted octanol–water partition coefficient (Wildman–Crippen LogP) is 4.06. The van der Waals surface area contributed by atoms with Crippen LogP contribution >= 0.6 is 11.6 Å². The first-order valence-corrected chi connectivity index (χ1v) is 7.22. The van der Waals surface area contributed by atoms with Gasteiger partial charge in [-0.05, 0) is 37.7 Å². The molecule has 1 atom stereocenters. The molecule has 0 aliphatic heterocycles. The normalized spacial score (nSPS) is 13.7. The molecule has 124 valence electrons. The van der Waals surface area contributed by atoms with E-state index in [1.54, 1.807) is 0 Å². The van der Waals surface area contributed by atoms with Crippen molar-refractivity contribution in [3.05, 3.63) is 46.1 Å². The third-order valence-electron chi connectivity index (χ3n) is 3.18. The Balaban J connectivity index is 2.14. The monoisotopic (exact) mass is 345 g/mol. The minimum atomic E-state index is -4.50. The van der Waals surface area contributed by atoms with Crippen LogP contribution in [0.15, 0.2) is 22.7 Å². The molecule has 1 unspecified atom stereocenters. The van der Waals surface area contributed by atoms with Crippen molar-refractivity contribution in [2.45, 2.75) is 25.6 Å². The van der Waals surface area contributed by atoms with Gasteiger partial charge in [0.1, 0.15) is 0 Å². The fourth-order valence-corrected chi connectivity index (χ4v) is 2.05. The van der Waals surface area contributed by atoms with E-state index in [0.29, 0.717) is 17.8 Å². The highest BCUT2D eigenvalue weighted by Crippen LogP contribution is 2.35. The molecular formula is C15H15ClF3N3O. The van der Waals surface area contributed by atoms with Gasteiger partial charge in [0.15, 0.2) is 5.82 Å². The van der Waals surface area contributed by atoms with Gasteiger partial charge in [-0.3, -0.25) is 0 Å². The molecule has 0 amide bonds. The van der Waals surface area contributed by atoms with E-state index < -0.39 is 11.7 Å². The number of rotatable bonds is 5. The Labute approximate surface area is 136 Å². The van der Waals surface area contributed by atoms with Crippen molar-refractivity contribution in [3.63, 3.8) is 0 Å². The second-order valence-electron chi connectivity index (χ2n) is 5.01. The summed E-state index contributed by atoms with van der Waals surface area (Å²) >= 11 is 5.57. The summed E-state index contributed by atoms with van der Waals surface area (Å²) in [5, 5.41) is 6.52. The molecule has 0 aliphatic rings. The van der Waals surface area contributed by atoms with Crippen LogP contribution in [0.3, 0.4) is 0 Å². The molecule has 8 heteroatoms. The summed E-state index contributed by atoms with van der Waals surface area (Å²) < 4.78 is 43.4. The third kappa shape index (κ3) is 4.80. The second-order valence-corrected chi connectivity index (χ2v) is 5.42. The average molecular weight is 346 g/mol. The van der Waals surface area contributed by atoms with Crippen LogP contribution in [0.1, 0.15) is 29.8 Å². The fourth-order valence-electron chi connectivity index (χ4n) is 1.83. The van der Waals surface area contributed by atoms with Gasteiger partial charge in [-0.1, -0.05) is 22.8 Å². The standard InChI is InChI=1S/C15H15ClF3N3O/c1-9(20-2)7-13-21-14(23-22-13)6-4-10-3-5-12(16)11(8-10)15(17,18)19/h3-6,8-9,20H,7H2,1-2H3/b6-4+. The molecule has 2 rings (SSSR count). The van der Waals surface area contributed by atoms with Gasteiger partial charge in [-0.2, -0.15) is 18.2 Å². The summed E-state index contributed by atoms with van der Waals surface area (Å²) in [4.78, 5) is 4.15. The number of nitrogens with one attached hydrogen (secondary N) is 1. The van der Waals surface area contributed by atoms with E-state index in [1.807, 2.05) is 14.0 Å². The molecule has 0 aliphatic carbocycles. The minimum Gasteiger partial charge on any atom is -0.335 e. The summed E-state index contributed by atoms with van der Waals surface area (Å²) in [6.07, 6.45) is -0.983. The number of aromatic nitrogens is 2. The van der Waals surface area contributed by atoms with E-state index in [2.05, 4.69) is 15.5 Å². The van der Waals surface area contributed by atoms with Gasteiger partial charge in [0.2, 0.25) is 0 Å². The van der Waals surface area contributed by atoms with Crippen LogP contribution in [0.4, 0.5) is 13.2 Å². The zero-order valence-corrected chi connectivity index (χ0v) is 13.2. The molecule has 4 nitrogen and oxygen atoms in total. The van der Waals surface area contributed by atoms with Crippen LogP contribution in [0.2, 0.25) is 5.02 Å². The predicted molar refractivity (Wildman–Crippen MR) is 81.9 cm³/mol. The van der Waals surface area contributed by atoms with Crippen LogP contribution in [-0.4, -0.2) is 23.2 Å². The highest BCUT2D eigenvalue weighted by molar-refractivity contribution is 6.31. The van der Waals surface area contributed by atoms with E-state index in [-0.39, 0.29) is 17.0 Å². The van der Waals surface area contributed by atoms with Crippen LogP contribution in [-0.2, 0) is 12.6 Å². The Morgan fingerprint density at radius 2 is 2.09 bits per heavy atom. The molecule has 2 aromatic rings. The second kappa shape index (κ2) is 7.14. The number of alkyl halides is 3. The zero-order chi connectivity index (χ0) is 17.0. The zero-order valence-electron chi connectivity index (χ0n) is 12.5. The van der Waals surface area contributed by atoms with Crippen LogP contribution in [0.25, 0.3) is 12.2 Å². The molecule has 0 spiro atoms. The Hall–Kier alpha value is -1.86. The van der Waals surface area contributed by atoms with E-state index in [9.17, 15) is 13.2 Å². The van der Waals surface area contributed by atoms with Crippen molar-refractivity contribution in [2.24, 2.45) is 0 Å². The molecule has 0 radical (unpaired) electrons. The minimum absolute atomic E-state index is 0.190. The SMILES string of the molecule is CNC(C)Cc1noc(/C=C/c2ccc(Cl)c(C(F)(F)F)c2)n1. The molecule has 1 aromatic heterocycles. The lowest BCUT2D eigenvalue weighted by Gasteiger charge is -2.09. The molecule has 1 aromatic carbocycles. The molecule has 1 N–H and O–H groups in total. The van der Waals surface area contributed by atoms with Gasteiger partial charge < -0.3 is 9.84 Å². The first-order valence-electron chi connectivity index (χ1n) is 6.84. The Bertz CT molecular complexity index is 698. The number of hydrogen-bond acceptors (Lipinski definition) is 4. The fraction of sp³-hybridized carbons (Fsp3) is 0.333. The van der Waals surface area contributed by atoms with Gasteiger partial charge in [-0.15, -0.1) is 0 Å². The molecular weight excluding hydrogens is 331 g/mol. The maximum atomic E-state index is 12.8. The van der Waals surface area contributed by atoms with Gasteiger partial charge >= 0.3 is 6.18 Å². The first-order chi connectivity index (χ1) is 10.8. The molecule has 0 bridgehead atoms. The largest absolute Gasteiger partial charge is 0.417 e. The lowest BCUT2D eigenvalue weighted by molar-refractivity contribution is -0.137. The quantitative estimate of drug-likeness (QED) is 0.887. The topological polar surface area (TPSA) is 51.0 Å². The maximum absolute atomic E-state index is 12.8. The number of nitrogens with zero attached hydrogens (tertiary/aromatic N) is 2. The number of benzene rings is 1. The Morgan fingerprint density at radius 1 is 1.35 bits per heavy atom. The van der Waals surface area contributed by atoms with Crippen molar-refractivity contribution >= 4 is 23.8 Å². The van der Waals surface area contributed by atoms with E-state index in [0.717, 1.165) is 6.07 Å². The highest BCUT2D eigenvalue weighted by Gasteiger charge is 2.33. The number of hydrogen-bond donors (Lipinski definition) is 1. The van der Waals surface area contributed by atoms with Crippen molar-refractivity contribution in [2.75, 3.05) is 7.05 Å². The first kappa shape index (κ1) is 17.5. The average Bonchev–Trinajstić information content (AvgIpc) is 2.92. The smallest absolute Gasteiger partial charge is 0.335 e. The molecule has 1 heterocycles. The number of likely N-dealkylation sites (N-methyl/N-ethyl adjacent to an activating group) is 1. The van der Waals surface area contributed by atoms with Crippen LogP contribution in [0, 0.1) is 0 Å². The van der Waals surface area contributed by atoms with Gasteiger partial charge in [-0.25, -0.2) is 0 Å². The summed E-state index contributed by atoms with van der Waals surface area (Å²) in [5.41, 5.74) is -0.541. The highest BCUT2D eigenvalue weighted by atomic mass is 35.5. The summed E-state index contributed by atoms with van der Waals surface area (Å²) in [6, 6.07) is 3.85. The van der Waals surface area contributed by atoms with Crippen LogP contribution < -0.4 is 5.32 Å². The Kier molecular flexibility index (Phi) is 5.43. The van der Waals surface area contributed by atoms with Crippen molar-refractivity contribution in [1.82, 2.24) is 15.5 Å². The van der Waals surface area contributed by atoms with Gasteiger partial charge in [0.25, 0.3) is 5.89 Å². The lowest BCUT2D eigenvalue weighted by Crippen LogP contribution is -2.24. The molecule has 0 saturated heterocycles. The van der Waals surface area contributed by atoms with Gasteiger partial charge in [0, 0.05) is 18.5 Å². The summed E-state index contributed by atoms with van der Waals surface area (Å²) in [6.45, 7) is 1.97. The van der Waals surface area contributed by atoms with Crippen molar-refractivity contribution < 1.29 is 17.7 Å². The van der Waals surface area contributed by atoms with E-state index >= 15 is 0 Å². The van der Waals surface area contributed by atoms with Crippen molar-refractivity contribution in [1.29, 1.82) is 0 Å². The summed E-state index contributed by atoms with van der Waals surface area (Å²) in [5.74, 6) is 0.755. The molecule has 0 saturated carbocycles.